The molecule has 0 radical (unpaired) electrons. The molecular formula is C14H22O2. The Morgan fingerprint density at radius 1 is 1.19 bits per heavy atom. The predicted molar refractivity (Wildman–Crippen MR) is 66.7 cm³/mol. The van der Waals surface area contributed by atoms with Crippen molar-refractivity contribution in [3.05, 3.63) is 29.3 Å². The SMILES string of the molecule is CCCc1cccc(CO)c1OC(C)(C)C. The van der Waals surface area contributed by atoms with Gasteiger partial charge in [0.15, 0.2) is 0 Å². The summed E-state index contributed by atoms with van der Waals surface area (Å²) in [4.78, 5) is 0. The van der Waals surface area contributed by atoms with E-state index in [1.54, 1.807) is 0 Å². The molecule has 1 aromatic rings. The minimum Gasteiger partial charge on any atom is -0.487 e. The molecule has 16 heavy (non-hydrogen) atoms. The van der Waals surface area contributed by atoms with Crippen LogP contribution in [0, 0.1) is 0 Å². The number of aryl methyl sites for hydroxylation is 1. The molecule has 0 heterocycles. The number of hydrogen-bond donors (Lipinski definition) is 1. The highest BCUT2D eigenvalue weighted by molar-refractivity contribution is 5.41. The van der Waals surface area contributed by atoms with Crippen LogP contribution in [-0.4, -0.2) is 10.7 Å². The van der Waals surface area contributed by atoms with Crippen LogP contribution in [0.2, 0.25) is 0 Å². The normalized spacial score (nSPS) is 11.6. The van der Waals surface area contributed by atoms with Crippen molar-refractivity contribution in [2.24, 2.45) is 0 Å². The number of rotatable bonds is 4. The van der Waals surface area contributed by atoms with Crippen LogP contribution in [0.4, 0.5) is 0 Å². The first-order valence-corrected chi connectivity index (χ1v) is 5.88. The lowest BCUT2D eigenvalue weighted by Gasteiger charge is -2.25. The fourth-order valence-electron chi connectivity index (χ4n) is 1.67. The van der Waals surface area contributed by atoms with Crippen LogP contribution in [0.15, 0.2) is 18.2 Å². The van der Waals surface area contributed by atoms with E-state index in [0.717, 1.165) is 24.2 Å². The van der Waals surface area contributed by atoms with Gasteiger partial charge in [0.25, 0.3) is 0 Å². The van der Waals surface area contributed by atoms with Gasteiger partial charge in [-0.25, -0.2) is 0 Å². The van der Waals surface area contributed by atoms with Gasteiger partial charge in [-0.1, -0.05) is 31.5 Å². The van der Waals surface area contributed by atoms with Crippen molar-refractivity contribution in [3.63, 3.8) is 0 Å². The number of aliphatic hydroxyl groups is 1. The van der Waals surface area contributed by atoms with Crippen LogP contribution >= 0.6 is 0 Å². The van der Waals surface area contributed by atoms with Crippen LogP contribution in [0.5, 0.6) is 5.75 Å². The third-order valence-corrected chi connectivity index (χ3v) is 2.28. The summed E-state index contributed by atoms with van der Waals surface area (Å²) < 4.78 is 5.95. The lowest BCUT2D eigenvalue weighted by atomic mass is 10.0. The van der Waals surface area contributed by atoms with E-state index < -0.39 is 0 Å². The summed E-state index contributed by atoms with van der Waals surface area (Å²) in [6.07, 6.45) is 2.06. The number of aliphatic hydroxyl groups excluding tert-OH is 1. The van der Waals surface area contributed by atoms with E-state index in [9.17, 15) is 5.11 Å². The second-order valence-corrected chi connectivity index (χ2v) is 5.03. The van der Waals surface area contributed by atoms with Crippen molar-refractivity contribution in [2.45, 2.75) is 52.7 Å². The Balaban J connectivity index is 3.09. The standard InChI is InChI=1S/C14H22O2/c1-5-7-11-8-6-9-12(10-15)13(11)16-14(2,3)4/h6,8-9,15H,5,7,10H2,1-4H3. The second-order valence-electron chi connectivity index (χ2n) is 5.03. The summed E-state index contributed by atoms with van der Waals surface area (Å²) >= 11 is 0. The Hall–Kier alpha value is -1.02. The van der Waals surface area contributed by atoms with Gasteiger partial charge >= 0.3 is 0 Å². The molecule has 0 spiro atoms. The van der Waals surface area contributed by atoms with Gasteiger partial charge in [0.05, 0.1) is 6.61 Å². The number of benzene rings is 1. The highest BCUT2D eigenvalue weighted by Crippen LogP contribution is 2.29. The molecule has 90 valence electrons. The fraction of sp³-hybridized carbons (Fsp3) is 0.571. The van der Waals surface area contributed by atoms with Crippen LogP contribution in [-0.2, 0) is 13.0 Å². The second kappa shape index (κ2) is 5.35. The summed E-state index contributed by atoms with van der Waals surface area (Å²) in [6.45, 7) is 8.25. The van der Waals surface area contributed by atoms with Crippen LogP contribution < -0.4 is 4.74 Å². The van der Waals surface area contributed by atoms with Crippen molar-refractivity contribution >= 4 is 0 Å². The van der Waals surface area contributed by atoms with Crippen molar-refractivity contribution in [2.75, 3.05) is 0 Å². The molecule has 1 aromatic carbocycles. The highest BCUT2D eigenvalue weighted by atomic mass is 16.5. The van der Waals surface area contributed by atoms with Gasteiger partial charge < -0.3 is 9.84 Å². The minimum atomic E-state index is -0.228. The summed E-state index contributed by atoms with van der Waals surface area (Å²) in [7, 11) is 0. The molecule has 0 atom stereocenters. The fourth-order valence-corrected chi connectivity index (χ4v) is 1.67. The number of ether oxygens (including phenoxy) is 1. The third kappa shape index (κ3) is 3.53. The van der Waals surface area contributed by atoms with Gasteiger partial charge in [-0.05, 0) is 32.8 Å². The average molecular weight is 222 g/mol. The minimum absolute atomic E-state index is 0.0307. The Morgan fingerprint density at radius 2 is 1.81 bits per heavy atom. The Bertz CT molecular complexity index is 337. The maximum Gasteiger partial charge on any atom is 0.128 e. The number of para-hydroxylation sites is 1. The van der Waals surface area contributed by atoms with Gasteiger partial charge in [0.1, 0.15) is 11.4 Å². The molecule has 0 aliphatic carbocycles. The van der Waals surface area contributed by atoms with Crippen molar-refractivity contribution in [1.82, 2.24) is 0 Å². The average Bonchev–Trinajstić information content (AvgIpc) is 2.19. The largest absolute Gasteiger partial charge is 0.487 e. The van der Waals surface area contributed by atoms with Gasteiger partial charge in [0.2, 0.25) is 0 Å². The molecular weight excluding hydrogens is 200 g/mol. The maximum atomic E-state index is 9.33. The van der Waals surface area contributed by atoms with E-state index in [-0.39, 0.29) is 12.2 Å². The van der Waals surface area contributed by atoms with Gasteiger partial charge in [-0.3, -0.25) is 0 Å². The molecule has 0 amide bonds. The van der Waals surface area contributed by atoms with Crippen LogP contribution in [0.1, 0.15) is 45.2 Å². The van der Waals surface area contributed by atoms with Crippen molar-refractivity contribution in [3.8, 4) is 5.75 Å². The van der Waals surface area contributed by atoms with E-state index in [1.807, 2.05) is 32.9 Å². The number of hydrogen-bond acceptors (Lipinski definition) is 2. The predicted octanol–water partition coefficient (Wildman–Crippen LogP) is 3.31. The lowest BCUT2D eigenvalue weighted by molar-refractivity contribution is 0.124. The van der Waals surface area contributed by atoms with Crippen molar-refractivity contribution in [1.29, 1.82) is 0 Å². The van der Waals surface area contributed by atoms with Gasteiger partial charge in [-0.2, -0.15) is 0 Å². The summed E-state index contributed by atoms with van der Waals surface area (Å²) in [5.74, 6) is 0.861. The smallest absolute Gasteiger partial charge is 0.128 e. The topological polar surface area (TPSA) is 29.5 Å². The first-order chi connectivity index (χ1) is 7.48. The third-order valence-electron chi connectivity index (χ3n) is 2.28. The molecule has 1 rings (SSSR count). The molecule has 0 aromatic heterocycles. The van der Waals surface area contributed by atoms with E-state index in [0.29, 0.717) is 0 Å². The zero-order valence-corrected chi connectivity index (χ0v) is 10.7. The summed E-state index contributed by atoms with van der Waals surface area (Å²) in [5.41, 5.74) is 1.83. The van der Waals surface area contributed by atoms with E-state index in [1.165, 1.54) is 5.56 Å². The zero-order valence-electron chi connectivity index (χ0n) is 10.7. The van der Waals surface area contributed by atoms with E-state index >= 15 is 0 Å². The zero-order chi connectivity index (χ0) is 12.2. The van der Waals surface area contributed by atoms with Crippen LogP contribution in [0.25, 0.3) is 0 Å². The summed E-state index contributed by atoms with van der Waals surface area (Å²) in [5, 5.41) is 9.33. The van der Waals surface area contributed by atoms with E-state index in [4.69, 9.17) is 4.74 Å². The van der Waals surface area contributed by atoms with E-state index in [2.05, 4.69) is 13.0 Å². The molecule has 1 N–H and O–H groups in total. The Morgan fingerprint density at radius 3 is 2.31 bits per heavy atom. The quantitative estimate of drug-likeness (QED) is 0.847. The monoisotopic (exact) mass is 222 g/mol. The lowest BCUT2D eigenvalue weighted by Crippen LogP contribution is -2.24. The van der Waals surface area contributed by atoms with Gasteiger partial charge in [-0.15, -0.1) is 0 Å². The molecule has 2 nitrogen and oxygen atoms in total. The first kappa shape index (κ1) is 13.0. The van der Waals surface area contributed by atoms with Crippen LogP contribution in [0.3, 0.4) is 0 Å². The molecule has 0 fully saturated rings. The summed E-state index contributed by atoms with van der Waals surface area (Å²) in [6, 6.07) is 5.97. The molecule has 0 aliphatic heterocycles. The molecule has 0 bridgehead atoms. The van der Waals surface area contributed by atoms with Gasteiger partial charge in [0, 0.05) is 5.56 Å². The Kier molecular flexibility index (Phi) is 4.36. The molecule has 0 saturated carbocycles. The molecule has 2 heteroatoms. The first-order valence-electron chi connectivity index (χ1n) is 5.88. The Labute approximate surface area is 98.3 Å². The van der Waals surface area contributed by atoms with Crippen molar-refractivity contribution < 1.29 is 9.84 Å². The molecule has 0 saturated heterocycles. The highest BCUT2D eigenvalue weighted by Gasteiger charge is 2.17. The molecule has 0 aliphatic rings. The maximum absolute atomic E-state index is 9.33. The molecule has 0 unspecified atom stereocenters.